The van der Waals surface area contributed by atoms with Crippen LogP contribution in [-0.2, 0) is 17.9 Å². The zero-order chi connectivity index (χ0) is 22.8. The van der Waals surface area contributed by atoms with Gasteiger partial charge in [0.2, 0.25) is 5.91 Å². The van der Waals surface area contributed by atoms with E-state index in [0.29, 0.717) is 5.56 Å². The maximum atomic E-state index is 13.4. The molecule has 0 aliphatic rings. The van der Waals surface area contributed by atoms with Gasteiger partial charge in [0.1, 0.15) is 12.4 Å². The van der Waals surface area contributed by atoms with Crippen LogP contribution < -0.4 is 16.6 Å². The van der Waals surface area contributed by atoms with Gasteiger partial charge in [-0.05, 0) is 42.0 Å². The summed E-state index contributed by atoms with van der Waals surface area (Å²) >= 11 is 0. The Morgan fingerprint density at radius 3 is 2.28 bits per heavy atom. The van der Waals surface area contributed by atoms with E-state index in [-0.39, 0.29) is 23.1 Å². The molecular formula is C23H16F3N3O3. The minimum Gasteiger partial charge on any atom is -0.324 e. The molecule has 1 N–H and O–H groups in total. The van der Waals surface area contributed by atoms with Gasteiger partial charge in [-0.2, -0.15) is 0 Å². The van der Waals surface area contributed by atoms with Crippen molar-refractivity contribution in [2.45, 2.75) is 13.1 Å². The first-order valence-corrected chi connectivity index (χ1v) is 9.55. The molecule has 0 bridgehead atoms. The van der Waals surface area contributed by atoms with Crippen molar-refractivity contribution in [3.8, 4) is 0 Å². The number of para-hydroxylation sites is 1. The van der Waals surface area contributed by atoms with Gasteiger partial charge >= 0.3 is 5.69 Å². The number of nitrogens with zero attached hydrogens (tertiary/aromatic N) is 2. The normalized spacial score (nSPS) is 11.0. The molecule has 0 fully saturated rings. The lowest BCUT2D eigenvalue weighted by atomic mass is 10.2. The minimum atomic E-state index is -1.13. The van der Waals surface area contributed by atoms with Crippen LogP contribution in [0.5, 0.6) is 0 Å². The van der Waals surface area contributed by atoms with Crippen molar-refractivity contribution in [3.63, 3.8) is 0 Å². The lowest BCUT2D eigenvalue weighted by Gasteiger charge is -2.14. The molecule has 4 aromatic rings. The first kappa shape index (κ1) is 21.1. The van der Waals surface area contributed by atoms with Gasteiger partial charge in [-0.15, -0.1) is 0 Å². The summed E-state index contributed by atoms with van der Waals surface area (Å²) in [6.07, 6.45) is 0. The first-order chi connectivity index (χ1) is 15.3. The zero-order valence-electron chi connectivity index (χ0n) is 16.5. The van der Waals surface area contributed by atoms with E-state index >= 15 is 0 Å². The monoisotopic (exact) mass is 439 g/mol. The molecule has 0 saturated heterocycles. The molecule has 1 heterocycles. The van der Waals surface area contributed by atoms with Crippen LogP contribution in [0.25, 0.3) is 10.9 Å². The largest absolute Gasteiger partial charge is 0.332 e. The number of amides is 1. The number of aromatic nitrogens is 2. The number of halogens is 3. The van der Waals surface area contributed by atoms with Gasteiger partial charge in [0.15, 0.2) is 11.6 Å². The molecule has 3 aromatic carbocycles. The number of hydrogen-bond donors (Lipinski definition) is 1. The predicted octanol–water partition coefficient (Wildman–Crippen LogP) is 3.27. The Bertz CT molecular complexity index is 1440. The molecule has 0 aliphatic carbocycles. The van der Waals surface area contributed by atoms with Gasteiger partial charge in [0.25, 0.3) is 5.56 Å². The second kappa shape index (κ2) is 8.54. The number of benzene rings is 3. The Hall–Kier alpha value is -4.14. The van der Waals surface area contributed by atoms with Gasteiger partial charge in [0, 0.05) is 11.8 Å². The summed E-state index contributed by atoms with van der Waals surface area (Å²) in [5.41, 5.74) is -0.492. The number of carbonyl (C=O) groups is 1. The van der Waals surface area contributed by atoms with Gasteiger partial charge in [-0.25, -0.2) is 18.0 Å². The van der Waals surface area contributed by atoms with E-state index in [4.69, 9.17) is 0 Å². The summed E-state index contributed by atoms with van der Waals surface area (Å²) in [5, 5.41) is 2.62. The van der Waals surface area contributed by atoms with Crippen LogP contribution in [0.2, 0.25) is 0 Å². The molecule has 0 aliphatic heterocycles. The highest BCUT2D eigenvalue weighted by atomic mass is 19.2. The molecular weight excluding hydrogens is 423 g/mol. The number of hydrogen-bond acceptors (Lipinski definition) is 3. The second-order valence-corrected chi connectivity index (χ2v) is 7.08. The molecule has 162 valence electrons. The molecule has 0 radical (unpaired) electrons. The second-order valence-electron chi connectivity index (χ2n) is 7.08. The van der Waals surface area contributed by atoms with Crippen molar-refractivity contribution in [1.29, 1.82) is 0 Å². The van der Waals surface area contributed by atoms with Crippen LogP contribution in [0.15, 0.2) is 76.3 Å². The Kier molecular flexibility index (Phi) is 5.63. The number of anilines is 1. The van der Waals surface area contributed by atoms with E-state index < -0.39 is 41.2 Å². The van der Waals surface area contributed by atoms with Gasteiger partial charge in [-0.3, -0.25) is 18.7 Å². The average Bonchev–Trinajstić information content (AvgIpc) is 2.78. The van der Waals surface area contributed by atoms with Gasteiger partial charge in [0.05, 0.1) is 17.4 Å². The standard InChI is InChI=1S/C23H16F3N3O3/c24-15-7-5-14(6-8-15)12-29-22(31)17-3-1-2-4-20(17)28(23(29)32)13-21(30)27-16-9-10-18(25)19(26)11-16/h1-11H,12-13H2,(H,27,30). The molecule has 32 heavy (non-hydrogen) atoms. The smallest absolute Gasteiger partial charge is 0.324 e. The van der Waals surface area contributed by atoms with Crippen molar-refractivity contribution >= 4 is 22.5 Å². The van der Waals surface area contributed by atoms with Gasteiger partial charge in [-0.1, -0.05) is 24.3 Å². The Balaban J connectivity index is 1.73. The first-order valence-electron chi connectivity index (χ1n) is 9.55. The van der Waals surface area contributed by atoms with Crippen molar-refractivity contribution < 1.29 is 18.0 Å². The molecule has 4 rings (SSSR count). The maximum absolute atomic E-state index is 13.4. The summed E-state index contributed by atoms with van der Waals surface area (Å²) in [4.78, 5) is 38.6. The third-order valence-corrected chi connectivity index (χ3v) is 4.89. The molecule has 0 saturated carbocycles. The van der Waals surface area contributed by atoms with E-state index in [1.165, 1.54) is 42.5 Å². The summed E-state index contributed by atoms with van der Waals surface area (Å²) in [7, 11) is 0. The van der Waals surface area contributed by atoms with Crippen LogP contribution in [0.4, 0.5) is 18.9 Å². The zero-order valence-corrected chi connectivity index (χ0v) is 16.5. The highest BCUT2D eigenvalue weighted by molar-refractivity contribution is 5.91. The van der Waals surface area contributed by atoms with Crippen molar-refractivity contribution in [3.05, 3.63) is 111 Å². The third-order valence-electron chi connectivity index (χ3n) is 4.89. The Morgan fingerprint density at radius 1 is 0.844 bits per heavy atom. The number of nitrogens with one attached hydrogen (secondary N) is 1. The molecule has 1 amide bonds. The lowest BCUT2D eigenvalue weighted by Crippen LogP contribution is -2.42. The topological polar surface area (TPSA) is 73.1 Å². The molecule has 6 nitrogen and oxygen atoms in total. The summed E-state index contributed by atoms with van der Waals surface area (Å²) in [5.74, 6) is -3.31. The molecule has 9 heteroatoms. The Morgan fingerprint density at radius 2 is 1.56 bits per heavy atom. The third kappa shape index (κ3) is 4.18. The lowest BCUT2D eigenvalue weighted by molar-refractivity contribution is -0.116. The van der Waals surface area contributed by atoms with Crippen molar-refractivity contribution in [2.24, 2.45) is 0 Å². The van der Waals surface area contributed by atoms with Crippen LogP contribution in [-0.4, -0.2) is 15.0 Å². The highest BCUT2D eigenvalue weighted by Gasteiger charge is 2.16. The number of carbonyl (C=O) groups excluding carboxylic acids is 1. The highest BCUT2D eigenvalue weighted by Crippen LogP contribution is 2.14. The van der Waals surface area contributed by atoms with Crippen LogP contribution in [0.3, 0.4) is 0 Å². The van der Waals surface area contributed by atoms with E-state index in [9.17, 15) is 27.6 Å². The predicted molar refractivity (Wildman–Crippen MR) is 113 cm³/mol. The van der Waals surface area contributed by atoms with Crippen LogP contribution in [0, 0.1) is 17.5 Å². The van der Waals surface area contributed by atoms with E-state index in [1.807, 2.05) is 0 Å². The summed E-state index contributed by atoms with van der Waals surface area (Å²) in [6, 6.07) is 14.5. The molecule has 0 unspecified atom stereocenters. The fourth-order valence-electron chi connectivity index (χ4n) is 3.35. The SMILES string of the molecule is O=C(Cn1c(=O)n(Cc2ccc(F)cc2)c(=O)c2ccccc21)Nc1ccc(F)c(F)c1. The summed E-state index contributed by atoms with van der Waals surface area (Å²) in [6.45, 7) is -0.588. The Labute approximate surface area is 179 Å². The quantitative estimate of drug-likeness (QED) is 0.519. The summed E-state index contributed by atoms with van der Waals surface area (Å²) < 4.78 is 41.8. The molecule has 1 aromatic heterocycles. The number of fused-ring (bicyclic) bond motifs is 1. The number of rotatable bonds is 5. The van der Waals surface area contributed by atoms with Crippen LogP contribution >= 0.6 is 0 Å². The van der Waals surface area contributed by atoms with E-state index in [1.54, 1.807) is 12.1 Å². The maximum Gasteiger partial charge on any atom is 0.332 e. The molecule has 0 atom stereocenters. The van der Waals surface area contributed by atoms with E-state index in [2.05, 4.69) is 5.32 Å². The molecule has 0 spiro atoms. The van der Waals surface area contributed by atoms with Crippen molar-refractivity contribution in [1.82, 2.24) is 9.13 Å². The average molecular weight is 439 g/mol. The minimum absolute atomic E-state index is 0.0193. The van der Waals surface area contributed by atoms with E-state index in [0.717, 1.165) is 21.3 Å². The van der Waals surface area contributed by atoms with Crippen molar-refractivity contribution in [2.75, 3.05) is 5.32 Å². The fraction of sp³-hybridized carbons (Fsp3) is 0.0870. The van der Waals surface area contributed by atoms with Crippen LogP contribution in [0.1, 0.15) is 5.56 Å². The fourth-order valence-corrected chi connectivity index (χ4v) is 3.35. The van der Waals surface area contributed by atoms with Gasteiger partial charge < -0.3 is 5.32 Å².